The Balaban J connectivity index is 0.924. The number of H-pyrrole nitrogens is 1. The zero-order chi connectivity index (χ0) is 38.4. The summed E-state index contributed by atoms with van der Waals surface area (Å²) in [6.07, 6.45) is 0.251. The summed E-state index contributed by atoms with van der Waals surface area (Å²) in [6, 6.07) is 14.5. The Morgan fingerprint density at radius 3 is 2.39 bits per heavy atom. The van der Waals surface area contributed by atoms with Crippen LogP contribution in [-0.2, 0) is 26.4 Å². The van der Waals surface area contributed by atoms with Crippen molar-refractivity contribution >= 4 is 51.3 Å². The van der Waals surface area contributed by atoms with Crippen molar-refractivity contribution in [1.29, 1.82) is 0 Å². The van der Waals surface area contributed by atoms with Gasteiger partial charge in [0.25, 0.3) is 0 Å². The Labute approximate surface area is 317 Å². The predicted molar refractivity (Wildman–Crippen MR) is 201 cm³/mol. The number of carbonyl (C=O) groups is 2. The fourth-order valence-corrected chi connectivity index (χ4v) is 8.28. The molecule has 2 aromatic carbocycles. The van der Waals surface area contributed by atoms with Crippen molar-refractivity contribution in [3.05, 3.63) is 114 Å². The second kappa shape index (κ2) is 17.2. The summed E-state index contributed by atoms with van der Waals surface area (Å²) >= 11 is 2.58. The minimum Gasteiger partial charge on any atom is -0.506 e. The lowest BCUT2D eigenvalue weighted by atomic mass is 9.91. The molecule has 1 aliphatic carbocycles. The first kappa shape index (κ1) is 39.0. The Morgan fingerprint density at radius 1 is 1.02 bits per heavy atom. The van der Waals surface area contributed by atoms with E-state index in [4.69, 9.17) is 9.47 Å². The van der Waals surface area contributed by atoms with Crippen LogP contribution in [-0.4, -0.2) is 76.2 Å². The van der Waals surface area contributed by atoms with Crippen LogP contribution in [0.5, 0.6) is 5.75 Å². The maximum absolute atomic E-state index is 14.9. The molecule has 16 heteroatoms. The summed E-state index contributed by atoms with van der Waals surface area (Å²) in [7, 11) is 1.89. The number of aromatic amines is 1. The second-order valence-electron chi connectivity index (χ2n) is 13.1. The predicted octanol–water partition coefficient (Wildman–Crippen LogP) is 5.73. The number of phenolic OH excluding ortho intramolecular Hbond substituents is 1. The molecule has 0 saturated heterocycles. The van der Waals surface area contributed by atoms with Gasteiger partial charge in [0.05, 0.1) is 27.1 Å². The second-order valence-corrected chi connectivity index (χ2v) is 15.0. The Morgan fingerprint density at radius 2 is 1.72 bits per heavy atom. The number of fused-ring (bicyclic) bond motifs is 1. The van der Waals surface area contributed by atoms with E-state index in [1.807, 2.05) is 11.9 Å². The van der Waals surface area contributed by atoms with Gasteiger partial charge in [0.2, 0.25) is 11.2 Å². The summed E-state index contributed by atoms with van der Waals surface area (Å²) in [5.41, 5.74) is -2.10. The molecule has 1 atom stereocenters. The number of esters is 1. The number of carbonyl (C=O) groups excluding carboxylic acids is 2. The molecule has 12 nitrogen and oxygen atoms in total. The van der Waals surface area contributed by atoms with Crippen molar-refractivity contribution in [3.8, 4) is 5.75 Å². The number of thiophene rings is 2. The first-order valence-electron chi connectivity index (χ1n) is 17.3. The zero-order valence-corrected chi connectivity index (χ0v) is 30.9. The van der Waals surface area contributed by atoms with Gasteiger partial charge >= 0.3 is 12.1 Å². The van der Waals surface area contributed by atoms with Crippen molar-refractivity contribution < 1.29 is 43.2 Å². The van der Waals surface area contributed by atoms with E-state index in [2.05, 4.69) is 15.6 Å². The number of aromatic nitrogens is 1. The van der Waals surface area contributed by atoms with E-state index >= 15 is 0 Å². The van der Waals surface area contributed by atoms with Crippen molar-refractivity contribution in [2.75, 3.05) is 32.1 Å². The third-order valence-corrected chi connectivity index (χ3v) is 11.5. The number of phenols is 1. The summed E-state index contributed by atoms with van der Waals surface area (Å²) in [5, 5.41) is 41.4. The topological polar surface area (TPSA) is 173 Å². The summed E-state index contributed by atoms with van der Waals surface area (Å²) in [4.78, 5) is 43.0. The number of pyridine rings is 1. The van der Waals surface area contributed by atoms with Crippen molar-refractivity contribution in [1.82, 2.24) is 15.2 Å². The molecule has 0 spiro atoms. The zero-order valence-electron chi connectivity index (χ0n) is 29.2. The molecular formula is C38H40F2N4O8S2. The number of halogens is 2. The molecule has 5 aromatic rings. The molecule has 1 aliphatic rings. The number of aromatic hydroxyl groups is 1. The molecule has 3 heterocycles. The normalized spacial score (nSPS) is 16.7. The lowest BCUT2D eigenvalue weighted by molar-refractivity contribution is -0.169. The molecule has 3 aromatic heterocycles. The minimum atomic E-state index is -1.86. The highest BCUT2D eigenvalue weighted by atomic mass is 32.1. The summed E-state index contributed by atoms with van der Waals surface area (Å²) < 4.78 is 40.9. The molecule has 1 amide bonds. The highest BCUT2D eigenvalue weighted by Gasteiger charge is 2.45. The number of rotatable bonds is 14. The molecule has 0 bridgehead atoms. The van der Waals surface area contributed by atoms with Crippen LogP contribution in [0.4, 0.5) is 19.3 Å². The van der Waals surface area contributed by atoms with Crippen LogP contribution in [0.1, 0.15) is 52.7 Å². The average Bonchev–Trinajstić information content (AvgIpc) is 3.90. The van der Waals surface area contributed by atoms with Crippen LogP contribution in [0.3, 0.4) is 0 Å². The summed E-state index contributed by atoms with van der Waals surface area (Å²) in [5.74, 6) is -2.51. The third-order valence-electron chi connectivity index (χ3n) is 9.56. The number of ether oxygens (including phenoxy) is 2. The number of aliphatic hydroxyl groups is 2. The average molecular weight is 783 g/mol. The minimum absolute atomic E-state index is 0.00720. The van der Waals surface area contributed by atoms with Gasteiger partial charge in [-0.2, -0.15) is 0 Å². The fourth-order valence-electron chi connectivity index (χ4n) is 6.57. The number of anilines is 1. The van der Waals surface area contributed by atoms with Crippen molar-refractivity contribution in [3.63, 3.8) is 0 Å². The van der Waals surface area contributed by atoms with E-state index < -0.39 is 46.6 Å². The summed E-state index contributed by atoms with van der Waals surface area (Å²) in [6.45, 7) is 0.184. The van der Waals surface area contributed by atoms with Crippen LogP contribution in [0.25, 0.3) is 10.9 Å². The highest BCUT2D eigenvalue weighted by Crippen LogP contribution is 2.38. The van der Waals surface area contributed by atoms with E-state index in [-0.39, 0.29) is 48.7 Å². The Hall–Kier alpha value is -4.71. The van der Waals surface area contributed by atoms with Gasteiger partial charge in [-0.15, -0.1) is 22.7 Å². The first-order valence-corrected chi connectivity index (χ1v) is 19.1. The number of amides is 1. The Bertz CT molecular complexity index is 2090. The maximum atomic E-state index is 14.9. The SMILES string of the molecule is CN(CCOC(=O)Nc1cc(F)c(CNC[C@H](O)c2ccc(O)c3[nH]c(=O)ccc23)cc1F)C1CCC(OC(=O)C(O)(c2cccs2)c2cccs2)CC1. The Kier molecular flexibility index (Phi) is 12.4. The first-order chi connectivity index (χ1) is 25.9. The van der Waals surface area contributed by atoms with Crippen molar-refractivity contribution in [2.45, 2.75) is 56.1 Å². The molecular weight excluding hydrogens is 743 g/mol. The molecule has 6 rings (SSSR count). The van der Waals surface area contributed by atoms with Gasteiger partial charge in [0.15, 0.2) is 0 Å². The smallest absolute Gasteiger partial charge is 0.411 e. The number of hydrogen-bond donors (Lipinski definition) is 6. The molecule has 1 fully saturated rings. The van der Waals surface area contributed by atoms with Gasteiger partial charge in [-0.3, -0.25) is 10.1 Å². The molecule has 0 unspecified atom stereocenters. The largest absolute Gasteiger partial charge is 0.506 e. The van der Waals surface area contributed by atoms with Crippen LogP contribution in [0, 0.1) is 11.6 Å². The standard InChI is InChI=1S/C38H40F2N4O8S2/c1-44(23-6-8-24(9-7-23)52-36(48)38(50,32-4-2-16-53-32)33-5-3-17-54-33)14-15-51-37(49)42-29-19-27(39)22(18-28(29)40)20-41-21-31(46)25-10-12-30(45)35-26(25)11-13-34(47)43-35/h2-5,10-13,16-19,23-24,31,41,45-46,50H,6-9,14-15,20-21H2,1H3,(H,42,49)(H,43,47)/t23?,24?,31-/m0/s1. The quantitative estimate of drug-likeness (QED) is 0.0765. The number of nitrogens with zero attached hydrogens (tertiary/aromatic N) is 1. The molecule has 286 valence electrons. The third kappa shape index (κ3) is 8.80. The van der Waals surface area contributed by atoms with Gasteiger partial charge in [-0.1, -0.05) is 18.2 Å². The van der Waals surface area contributed by atoms with E-state index in [1.165, 1.54) is 46.9 Å². The number of likely N-dealkylation sites (N-methyl/N-ethyl adjacent to an activating group) is 1. The molecule has 54 heavy (non-hydrogen) atoms. The van der Waals surface area contributed by atoms with Gasteiger partial charge in [0.1, 0.15) is 30.1 Å². The van der Waals surface area contributed by atoms with Gasteiger partial charge in [-0.25, -0.2) is 18.4 Å². The molecule has 0 radical (unpaired) electrons. The number of aliphatic hydroxyl groups excluding tert-OH is 1. The van der Waals surface area contributed by atoms with E-state index in [1.54, 1.807) is 35.0 Å². The monoisotopic (exact) mass is 782 g/mol. The van der Waals surface area contributed by atoms with Crippen LogP contribution in [0.2, 0.25) is 0 Å². The lowest BCUT2D eigenvalue weighted by Crippen LogP contribution is -2.42. The van der Waals surface area contributed by atoms with Gasteiger partial charge < -0.3 is 40.0 Å². The van der Waals surface area contributed by atoms with E-state index in [0.29, 0.717) is 40.1 Å². The van der Waals surface area contributed by atoms with Crippen LogP contribution < -0.4 is 16.2 Å². The van der Waals surface area contributed by atoms with Gasteiger partial charge in [0, 0.05) is 48.8 Å². The number of benzene rings is 2. The van der Waals surface area contributed by atoms with E-state index in [9.17, 15) is 38.5 Å². The molecule has 0 aliphatic heterocycles. The maximum Gasteiger partial charge on any atom is 0.411 e. The molecule has 1 saturated carbocycles. The highest BCUT2D eigenvalue weighted by molar-refractivity contribution is 7.12. The van der Waals surface area contributed by atoms with Crippen LogP contribution >= 0.6 is 22.7 Å². The lowest BCUT2D eigenvalue weighted by Gasteiger charge is -2.35. The molecule has 6 N–H and O–H groups in total. The van der Waals surface area contributed by atoms with Crippen molar-refractivity contribution in [2.24, 2.45) is 0 Å². The van der Waals surface area contributed by atoms with E-state index in [0.717, 1.165) is 25.0 Å². The number of hydrogen-bond acceptors (Lipinski definition) is 12. The van der Waals surface area contributed by atoms with Crippen LogP contribution in [0.15, 0.2) is 76.2 Å². The number of nitrogens with one attached hydrogen (secondary N) is 3. The fraction of sp³-hybridized carbons (Fsp3) is 0.342. The van der Waals surface area contributed by atoms with Gasteiger partial charge in [-0.05, 0) is 79.4 Å².